The molecule has 0 aliphatic carbocycles. The van der Waals surface area contributed by atoms with Crippen LogP contribution in [0, 0.1) is 11.8 Å². The molecule has 0 radical (unpaired) electrons. The fourth-order valence-electron chi connectivity index (χ4n) is 1.40. The van der Waals surface area contributed by atoms with E-state index in [4.69, 9.17) is 4.74 Å². The van der Waals surface area contributed by atoms with Gasteiger partial charge in [-0.1, -0.05) is 27.7 Å². The summed E-state index contributed by atoms with van der Waals surface area (Å²) in [4.78, 5) is 11.3. The normalized spacial score (nSPS) is 11.1. The quantitative estimate of drug-likeness (QED) is 0.617. The van der Waals surface area contributed by atoms with Gasteiger partial charge in [-0.05, 0) is 24.7 Å². The van der Waals surface area contributed by atoms with Crippen LogP contribution in [0.15, 0.2) is 0 Å². The van der Waals surface area contributed by atoms with Crippen molar-refractivity contribution < 1.29 is 9.53 Å². The van der Waals surface area contributed by atoms with E-state index < -0.39 is 0 Å². The average Bonchev–Trinajstić information content (AvgIpc) is 2.14. The second kappa shape index (κ2) is 9.64. The maximum absolute atomic E-state index is 11.3. The van der Waals surface area contributed by atoms with E-state index in [1.165, 1.54) is 6.42 Å². The summed E-state index contributed by atoms with van der Waals surface area (Å²) in [6.45, 7) is 10.6. The molecule has 0 aromatic heterocycles. The Kier molecular flexibility index (Phi) is 9.30. The molecule has 0 fully saturated rings. The van der Waals surface area contributed by atoms with Crippen LogP contribution in [-0.2, 0) is 9.53 Å². The Balaban J connectivity index is 3.18. The lowest BCUT2D eigenvalue weighted by atomic mass is 10.1. The lowest BCUT2D eigenvalue weighted by Gasteiger charge is -2.08. The minimum atomic E-state index is 0.126. The van der Waals surface area contributed by atoms with E-state index >= 15 is 0 Å². The van der Waals surface area contributed by atoms with Crippen molar-refractivity contribution >= 4 is 5.91 Å². The van der Waals surface area contributed by atoms with Gasteiger partial charge in [-0.2, -0.15) is 0 Å². The second-order valence-electron chi connectivity index (χ2n) is 5.10. The minimum absolute atomic E-state index is 0.126. The van der Waals surface area contributed by atoms with Gasteiger partial charge in [0.15, 0.2) is 0 Å². The summed E-state index contributed by atoms with van der Waals surface area (Å²) < 4.78 is 5.42. The van der Waals surface area contributed by atoms with Crippen molar-refractivity contribution in [3.05, 3.63) is 0 Å². The van der Waals surface area contributed by atoms with Crippen LogP contribution in [0.4, 0.5) is 0 Å². The number of nitrogens with one attached hydrogen (secondary N) is 1. The van der Waals surface area contributed by atoms with Gasteiger partial charge in [-0.15, -0.1) is 0 Å². The molecule has 0 aromatic rings. The molecule has 3 nitrogen and oxygen atoms in total. The van der Waals surface area contributed by atoms with Crippen LogP contribution in [0.2, 0.25) is 0 Å². The van der Waals surface area contributed by atoms with Gasteiger partial charge in [0.2, 0.25) is 5.91 Å². The van der Waals surface area contributed by atoms with E-state index in [0.717, 1.165) is 18.9 Å². The Morgan fingerprint density at radius 2 is 1.81 bits per heavy atom. The first kappa shape index (κ1) is 15.4. The van der Waals surface area contributed by atoms with Crippen molar-refractivity contribution in [2.24, 2.45) is 11.8 Å². The summed E-state index contributed by atoms with van der Waals surface area (Å²) in [6, 6.07) is 0. The fourth-order valence-corrected chi connectivity index (χ4v) is 1.40. The number of amides is 1. The first-order valence-corrected chi connectivity index (χ1v) is 6.36. The van der Waals surface area contributed by atoms with Gasteiger partial charge in [0.1, 0.15) is 0 Å². The second-order valence-corrected chi connectivity index (χ2v) is 5.10. The molecule has 0 bridgehead atoms. The third-order valence-electron chi connectivity index (χ3n) is 2.23. The maximum Gasteiger partial charge on any atom is 0.220 e. The van der Waals surface area contributed by atoms with Crippen LogP contribution in [0.1, 0.15) is 47.0 Å². The van der Waals surface area contributed by atoms with Gasteiger partial charge < -0.3 is 10.1 Å². The Hall–Kier alpha value is -0.570. The zero-order valence-corrected chi connectivity index (χ0v) is 11.2. The Morgan fingerprint density at radius 1 is 1.12 bits per heavy atom. The molecule has 3 heteroatoms. The molecular formula is C13H27NO2. The van der Waals surface area contributed by atoms with E-state index in [1.54, 1.807) is 0 Å². The molecule has 0 aliphatic rings. The van der Waals surface area contributed by atoms with Crippen molar-refractivity contribution in [1.82, 2.24) is 5.32 Å². The monoisotopic (exact) mass is 229 g/mol. The molecule has 0 saturated heterocycles. The van der Waals surface area contributed by atoms with Gasteiger partial charge in [0.25, 0.3) is 0 Å². The van der Waals surface area contributed by atoms with Gasteiger partial charge in [0.05, 0.1) is 6.61 Å². The molecule has 96 valence electrons. The Labute approximate surface area is 99.9 Å². The van der Waals surface area contributed by atoms with Gasteiger partial charge in [-0.3, -0.25) is 4.79 Å². The minimum Gasteiger partial charge on any atom is -0.380 e. The number of ether oxygens (including phenoxy) is 1. The van der Waals surface area contributed by atoms with Crippen molar-refractivity contribution in [2.75, 3.05) is 19.8 Å². The van der Waals surface area contributed by atoms with E-state index in [2.05, 4.69) is 19.2 Å². The molecule has 0 aromatic carbocycles. The highest BCUT2D eigenvalue weighted by Crippen LogP contribution is 2.02. The maximum atomic E-state index is 11.3. The largest absolute Gasteiger partial charge is 0.380 e. The number of hydrogen-bond acceptors (Lipinski definition) is 2. The summed E-state index contributed by atoms with van der Waals surface area (Å²) >= 11 is 0. The van der Waals surface area contributed by atoms with E-state index in [1.807, 2.05) is 13.8 Å². The molecule has 0 aliphatic heterocycles. The standard InChI is InChI=1S/C13H27NO2/c1-11(2)6-5-8-16-9-7-14-13(15)10-12(3)4/h11-12H,5-10H2,1-4H3,(H,14,15). The van der Waals surface area contributed by atoms with Crippen molar-refractivity contribution in [2.45, 2.75) is 47.0 Å². The van der Waals surface area contributed by atoms with Gasteiger partial charge >= 0.3 is 0 Å². The molecule has 0 saturated carbocycles. The summed E-state index contributed by atoms with van der Waals surface area (Å²) in [6.07, 6.45) is 2.92. The van der Waals surface area contributed by atoms with Crippen LogP contribution < -0.4 is 5.32 Å². The summed E-state index contributed by atoms with van der Waals surface area (Å²) in [7, 11) is 0. The Bertz CT molecular complexity index is 179. The summed E-state index contributed by atoms with van der Waals surface area (Å²) in [5.41, 5.74) is 0. The van der Waals surface area contributed by atoms with Gasteiger partial charge in [0, 0.05) is 19.6 Å². The highest BCUT2D eigenvalue weighted by atomic mass is 16.5. The van der Waals surface area contributed by atoms with Crippen molar-refractivity contribution in [1.29, 1.82) is 0 Å². The fraction of sp³-hybridized carbons (Fsp3) is 0.923. The molecule has 0 heterocycles. The highest BCUT2D eigenvalue weighted by Gasteiger charge is 2.03. The molecule has 16 heavy (non-hydrogen) atoms. The highest BCUT2D eigenvalue weighted by molar-refractivity contribution is 5.75. The molecule has 0 spiro atoms. The number of carbonyl (C=O) groups excluding carboxylic acids is 1. The third kappa shape index (κ3) is 11.5. The van der Waals surface area contributed by atoms with Crippen LogP contribution in [0.3, 0.4) is 0 Å². The summed E-state index contributed by atoms with van der Waals surface area (Å²) in [5.74, 6) is 1.29. The van der Waals surface area contributed by atoms with Crippen LogP contribution in [0.25, 0.3) is 0 Å². The van der Waals surface area contributed by atoms with Gasteiger partial charge in [-0.25, -0.2) is 0 Å². The molecule has 1 N–H and O–H groups in total. The first-order valence-electron chi connectivity index (χ1n) is 6.36. The molecule has 1 amide bonds. The number of carbonyl (C=O) groups is 1. The van der Waals surface area contributed by atoms with E-state index in [-0.39, 0.29) is 5.91 Å². The zero-order valence-electron chi connectivity index (χ0n) is 11.2. The topological polar surface area (TPSA) is 38.3 Å². The molecular weight excluding hydrogens is 202 g/mol. The average molecular weight is 229 g/mol. The SMILES string of the molecule is CC(C)CCCOCCNC(=O)CC(C)C. The van der Waals surface area contributed by atoms with E-state index in [9.17, 15) is 4.79 Å². The van der Waals surface area contributed by atoms with Crippen LogP contribution in [-0.4, -0.2) is 25.7 Å². The molecule has 0 unspecified atom stereocenters. The number of hydrogen-bond donors (Lipinski definition) is 1. The predicted molar refractivity (Wildman–Crippen MR) is 67.4 cm³/mol. The zero-order chi connectivity index (χ0) is 12.4. The number of rotatable bonds is 9. The van der Waals surface area contributed by atoms with Crippen LogP contribution in [0.5, 0.6) is 0 Å². The first-order chi connectivity index (χ1) is 7.52. The predicted octanol–water partition coefficient (Wildman–Crippen LogP) is 2.60. The van der Waals surface area contributed by atoms with Crippen molar-refractivity contribution in [3.8, 4) is 0 Å². The van der Waals surface area contributed by atoms with E-state index in [0.29, 0.717) is 25.5 Å². The summed E-state index contributed by atoms with van der Waals surface area (Å²) in [5, 5.41) is 2.85. The lowest BCUT2D eigenvalue weighted by Crippen LogP contribution is -2.28. The molecule has 0 atom stereocenters. The lowest BCUT2D eigenvalue weighted by molar-refractivity contribution is -0.122. The van der Waals surface area contributed by atoms with Crippen LogP contribution >= 0.6 is 0 Å². The van der Waals surface area contributed by atoms with Crippen molar-refractivity contribution in [3.63, 3.8) is 0 Å². The smallest absolute Gasteiger partial charge is 0.220 e. The molecule has 0 rings (SSSR count). The third-order valence-corrected chi connectivity index (χ3v) is 2.23. The Morgan fingerprint density at radius 3 is 2.38 bits per heavy atom.